The molecule has 1 aliphatic rings. The fraction of sp³-hybridized carbons (Fsp3) is 0.429. The molecule has 11 heteroatoms. The van der Waals surface area contributed by atoms with Crippen molar-refractivity contribution < 1.29 is 43.7 Å². The van der Waals surface area contributed by atoms with Crippen LogP contribution in [0.4, 0.5) is 0 Å². The van der Waals surface area contributed by atoms with Gasteiger partial charge in [-0.2, -0.15) is 0 Å². The maximum absolute atomic E-state index is 13.0. The highest BCUT2D eigenvalue weighted by Gasteiger charge is 2.50. The zero-order valence-electron chi connectivity index (χ0n) is 22.7. The number of esters is 1. The van der Waals surface area contributed by atoms with Crippen molar-refractivity contribution in [3.8, 4) is 5.75 Å². The van der Waals surface area contributed by atoms with Gasteiger partial charge < -0.3 is 24.6 Å². The number of carbonyl (C=O) groups excluding carboxylic acids is 2. The van der Waals surface area contributed by atoms with Gasteiger partial charge in [-0.25, -0.2) is 19.4 Å². The maximum atomic E-state index is 13.0. The summed E-state index contributed by atoms with van der Waals surface area (Å²) >= 11 is 0. The highest BCUT2D eigenvalue weighted by atomic mass is 16.7. The Morgan fingerprint density at radius 3 is 2.03 bits per heavy atom. The van der Waals surface area contributed by atoms with E-state index < -0.39 is 23.4 Å². The number of hydrogen-bond donors (Lipinski definition) is 2. The molecule has 39 heavy (non-hydrogen) atoms. The van der Waals surface area contributed by atoms with Crippen LogP contribution >= 0.6 is 0 Å². The quantitative estimate of drug-likeness (QED) is 0.275. The van der Waals surface area contributed by atoms with Gasteiger partial charge in [-0.05, 0) is 30.4 Å². The molecule has 0 bridgehead atoms. The summed E-state index contributed by atoms with van der Waals surface area (Å²) in [5.41, 5.74) is 0.919. The number of hydrogen-bond acceptors (Lipinski definition) is 8. The van der Waals surface area contributed by atoms with Gasteiger partial charge in [-0.3, -0.25) is 9.63 Å². The molecule has 1 aliphatic heterocycles. The Bertz CT molecular complexity index is 1100. The summed E-state index contributed by atoms with van der Waals surface area (Å²) in [7, 11) is 2.94. The molecule has 2 N–H and O–H groups in total. The second kappa shape index (κ2) is 14.8. The fourth-order valence-corrected chi connectivity index (χ4v) is 4.53. The third kappa shape index (κ3) is 8.52. The lowest BCUT2D eigenvalue weighted by Crippen LogP contribution is -2.61. The molecule has 3 rings (SSSR count). The molecule has 0 saturated carbocycles. The number of nitrogens with zero attached hydrogens (tertiary/aromatic N) is 2. The number of amides is 1. The standard InChI is InChI=1S/C26H34N2O5.C2H2O4/c1-20(22-10-6-5-7-11-22)18-27-16-14-26(15-17-27,25(30)32-4)28(21(2)29)33-19-23-12-8-9-13-24(23)31-3;3-1(4)2(5)6/h5-13,20H,14-19H2,1-4H3;(H,3,4)(H,5,6). The van der Waals surface area contributed by atoms with Crippen LogP contribution in [0.1, 0.15) is 43.7 Å². The highest BCUT2D eigenvalue weighted by Crippen LogP contribution is 2.33. The summed E-state index contributed by atoms with van der Waals surface area (Å²) in [4.78, 5) is 52.1. The minimum absolute atomic E-state index is 0.108. The number of piperidine rings is 1. The Morgan fingerprint density at radius 1 is 0.949 bits per heavy atom. The summed E-state index contributed by atoms with van der Waals surface area (Å²) < 4.78 is 10.5. The van der Waals surface area contributed by atoms with Crippen LogP contribution in [0.2, 0.25) is 0 Å². The average molecular weight is 545 g/mol. The van der Waals surface area contributed by atoms with Crippen molar-refractivity contribution in [2.24, 2.45) is 0 Å². The van der Waals surface area contributed by atoms with Crippen molar-refractivity contribution in [1.82, 2.24) is 9.96 Å². The van der Waals surface area contributed by atoms with Crippen LogP contribution in [-0.2, 0) is 35.4 Å². The first-order valence-corrected chi connectivity index (χ1v) is 12.4. The first kappa shape index (κ1) is 31.3. The molecule has 1 atom stereocenters. The Labute approximate surface area is 227 Å². The molecule has 0 aliphatic carbocycles. The summed E-state index contributed by atoms with van der Waals surface area (Å²) in [5.74, 6) is -3.40. The first-order chi connectivity index (χ1) is 18.5. The van der Waals surface area contributed by atoms with E-state index >= 15 is 0 Å². The van der Waals surface area contributed by atoms with Crippen molar-refractivity contribution in [3.63, 3.8) is 0 Å². The van der Waals surface area contributed by atoms with E-state index in [1.807, 2.05) is 42.5 Å². The topological polar surface area (TPSA) is 143 Å². The molecule has 11 nitrogen and oxygen atoms in total. The van der Waals surface area contributed by atoms with E-state index in [4.69, 9.17) is 34.1 Å². The summed E-state index contributed by atoms with van der Waals surface area (Å²) in [6.07, 6.45) is 0.874. The molecular weight excluding hydrogens is 508 g/mol. The summed E-state index contributed by atoms with van der Waals surface area (Å²) in [6.45, 7) is 5.93. The molecule has 0 radical (unpaired) electrons. The first-order valence-electron chi connectivity index (χ1n) is 12.4. The van der Waals surface area contributed by atoms with Gasteiger partial charge in [0.25, 0.3) is 0 Å². The zero-order chi connectivity index (χ0) is 29.0. The van der Waals surface area contributed by atoms with Crippen molar-refractivity contribution in [3.05, 3.63) is 65.7 Å². The lowest BCUT2D eigenvalue weighted by molar-refractivity contribution is -0.240. The lowest BCUT2D eigenvalue weighted by Gasteiger charge is -2.45. The van der Waals surface area contributed by atoms with Gasteiger partial charge in [0.15, 0.2) is 5.54 Å². The van der Waals surface area contributed by atoms with Crippen molar-refractivity contribution in [1.29, 1.82) is 0 Å². The molecule has 1 fully saturated rings. The predicted molar refractivity (Wildman–Crippen MR) is 141 cm³/mol. The number of hydroxylamine groups is 2. The van der Waals surface area contributed by atoms with E-state index in [0.29, 0.717) is 37.6 Å². The minimum atomic E-state index is -1.82. The minimum Gasteiger partial charge on any atom is -0.496 e. The van der Waals surface area contributed by atoms with Gasteiger partial charge in [0.05, 0.1) is 14.2 Å². The van der Waals surface area contributed by atoms with Crippen LogP contribution in [-0.4, -0.2) is 83.4 Å². The fourth-order valence-electron chi connectivity index (χ4n) is 4.53. The second-order valence-corrected chi connectivity index (χ2v) is 9.14. The molecule has 1 saturated heterocycles. The van der Waals surface area contributed by atoms with Crippen LogP contribution in [0.3, 0.4) is 0 Å². The molecule has 1 amide bonds. The normalized spacial score (nSPS) is 15.2. The number of carboxylic acid groups (broad SMARTS) is 2. The predicted octanol–water partition coefficient (Wildman–Crippen LogP) is 2.94. The highest BCUT2D eigenvalue weighted by molar-refractivity contribution is 6.27. The molecule has 212 valence electrons. The summed E-state index contributed by atoms with van der Waals surface area (Å²) in [6, 6.07) is 17.8. The van der Waals surface area contributed by atoms with Gasteiger partial charge in [0.1, 0.15) is 12.4 Å². The number of aliphatic carboxylic acids is 2. The molecule has 2 aromatic carbocycles. The SMILES string of the molecule is COC(=O)C1(N(OCc2ccccc2OC)C(C)=O)CCN(CC(C)c2ccccc2)CC1.O=C(O)C(=O)O. The number of benzene rings is 2. The van der Waals surface area contributed by atoms with Crippen LogP contribution < -0.4 is 4.74 Å². The van der Waals surface area contributed by atoms with Gasteiger partial charge in [0.2, 0.25) is 5.91 Å². The van der Waals surface area contributed by atoms with E-state index in [-0.39, 0.29) is 12.5 Å². The Balaban J connectivity index is 0.000000798. The monoisotopic (exact) mass is 544 g/mol. The smallest absolute Gasteiger partial charge is 0.414 e. The van der Waals surface area contributed by atoms with E-state index in [2.05, 4.69) is 24.0 Å². The number of ether oxygens (including phenoxy) is 2. The van der Waals surface area contributed by atoms with Crippen LogP contribution in [0, 0.1) is 0 Å². The molecule has 2 aromatic rings. The Kier molecular flexibility index (Phi) is 11.9. The van der Waals surface area contributed by atoms with Gasteiger partial charge in [-0.1, -0.05) is 55.5 Å². The van der Waals surface area contributed by atoms with E-state index in [0.717, 1.165) is 12.1 Å². The second-order valence-electron chi connectivity index (χ2n) is 9.14. The lowest BCUT2D eigenvalue weighted by atomic mass is 9.86. The van der Waals surface area contributed by atoms with Gasteiger partial charge in [-0.15, -0.1) is 0 Å². The number of para-hydroxylation sites is 1. The van der Waals surface area contributed by atoms with Crippen LogP contribution in [0.25, 0.3) is 0 Å². The van der Waals surface area contributed by atoms with Crippen molar-refractivity contribution >= 4 is 23.8 Å². The van der Waals surface area contributed by atoms with E-state index in [9.17, 15) is 9.59 Å². The van der Waals surface area contributed by atoms with Gasteiger partial charge in [0, 0.05) is 32.1 Å². The van der Waals surface area contributed by atoms with Crippen LogP contribution in [0.5, 0.6) is 5.75 Å². The zero-order valence-corrected chi connectivity index (χ0v) is 22.7. The molecule has 0 spiro atoms. The van der Waals surface area contributed by atoms with Gasteiger partial charge >= 0.3 is 17.9 Å². The number of rotatable bonds is 9. The third-order valence-electron chi connectivity index (χ3n) is 6.55. The third-order valence-corrected chi connectivity index (χ3v) is 6.55. The number of carboxylic acids is 2. The van der Waals surface area contributed by atoms with Crippen LogP contribution in [0.15, 0.2) is 54.6 Å². The Hall–Kier alpha value is -3.96. The Morgan fingerprint density at radius 2 is 1.51 bits per heavy atom. The number of methoxy groups -OCH3 is 2. The average Bonchev–Trinajstić information content (AvgIpc) is 2.94. The number of carbonyl (C=O) groups is 4. The maximum Gasteiger partial charge on any atom is 0.414 e. The largest absolute Gasteiger partial charge is 0.496 e. The van der Waals surface area contributed by atoms with Crippen molar-refractivity contribution in [2.75, 3.05) is 33.9 Å². The van der Waals surface area contributed by atoms with Crippen molar-refractivity contribution in [2.45, 2.75) is 44.8 Å². The molecule has 1 unspecified atom stereocenters. The van der Waals surface area contributed by atoms with E-state index in [1.165, 1.54) is 24.7 Å². The molecule has 1 heterocycles. The molecule has 0 aromatic heterocycles. The molecular formula is C28H36N2O9. The van der Waals surface area contributed by atoms with E-state index in [1.54, 1.807) is 7.11 Å². The number of likely N-dealkylation sites (tertiary alicyclic amines) is 1. The summed E-state index contributed by atoms with van der Waals surface area (Å²) in [5, 5.41) is 16.0.